The third-order valence-electron chi connectivity index (χ3n) is 4.42. The van der Waals surface area contributed by atoms with E-state index in [4.69, 9.17) is 9.57 Å². The quantitative estimate of drug-likeness (QED) is 0.697. The highest BCUT2D eigenvalue weighted by molar-refractivity contribution is 6.06. The van der Waals surface area contributed by atoms with E-state index < -0.39 is 6.10 Å². The molecule has 6 nitrogen and oxygen atoms in total. The Labute approximate surface area is 167 Å². The standard InChI is InChI=1S/C22H18FN3O3/c1-14-10-17(7-8-20(14)28-18-6-3-9-24-13-18)25-22(27)21-12-19(26-29-21)15-4-2-5-16(23)11-15/h2-11,13,21H,12H2,1H3,(H,25,27). The fourth-order valence-electron chi connectivity index (χ4n) is 2.96. The molecule has 0 aliphatic carbocycles. The highest BCUT2D eigenvalue weighted by atomic mass is 19.1. The monoisotopic (exact) mass is 391 g/mol. The first-order valence-corrected chi connectivity index (χ1v) is 9.06. The van der Waals surface area contributed by atoms with Gasteiger partial charge in [-0.25, -0.2) is 4.39 Å². The molecule has 2 heterocycles. The highest BCUT2D eigenvalue weighted by Crippen LogP contribution is 2.27. The van der Waals surface area contributed by atoms with Crippen LogP contribution in [-0.4, -0.2) is 22.7 Å². The van der Waals surface area contributed by atoms with Crippen molar-refractivity contribution in [3.63, 3.8) is 0 Å². The molecule has 1 aromatic heterocycles. The van der Waals surface area contributed by atoms with Crippen LogP contribution < -0.4 is 10.1 Å². The second-order valence-corrected chi connectivity index (χ2v) is 6.61. The van der Waals surface area contributed by atoms with E-state index >= 15 is 0 Å². The van der Waals surface area contributed by atoms with Crippen LogP contribution in [0.2, 0.25) is 0 Å². The Hall–Kier alpha value is -3.74. The smallest absolute Gasteiger partial charge is 0.268 e. The number of oxime groups is 1. The SMILES string of the molecule is Cc1cc(NC(=O)C2CC(c3cccc(F)c3)=NO2)ccc1Oc1cccnc1. The third-order valence-corrected chi connectivity index (χ3v) is 4.42. The lowest BCUT2D eigenvalue weighted by atomic mass is 10.0. The molecule has 1 aliphatic heterocycles. The van der Waals surface area contributed by atoms with Gasteiger partial charge in [0, 0.05) is 23.9 Å². The summed E-state index contributed by atoms with van der Waals surface area (Å²) in [6.45, 7) is 1.89. The minimum atomic E-state index is -0.764. The molecule has 3 aromatic rings. The molecule has 0 saturated heterocycles. The predicted molar refractivity (Wildman–Crippen MR) is 107 cm³/mol. The molecule has 1 N–H and O–H groups in total. The molecular formula is C22H18FN3O3. The fraction of sp³-hybridized carbons (Fsp3) is 0.136. The molecule has 1 aliphatic rings. The van der Waals surface area contributed by atoms with Crippen molar-refractivity contribution in [1.82, 2.24) is 4.98 Å². The number of rotatable bonds is 5. The van der Waals surface area contributed by atoms with E-state index in [0.717, 1.165) is 5.56 Å². The molecule has 4 rings (SSSR count). The van der Waals surface area contributed by atoms with Crippen LogP contribution in [0.5, 0.6) is 11.5 Å². The van der Waals surface area contributed by atoms with Gasteiger partial charge in [-0.2, -0.15) is 0 Å². The summed E-state index contributed by atoms with van der Waals surface area (Å²) in [7, 11) is 0. The summed E-state index contributed by atoms with van der Waals surface area (Å²) in [5.74, 6) is 0.626. The van der Waals surface area contributed by atoms with Gasteiger partial charge < -0.3 is 14.9 Å². The van der Waals surface area contributed by atoms with Crippen LogP contribution >= 0.6 is 0 Å². The number of ether oxygens (including phenoxy) is 1. The summed E-state index contributed by atoms with van der Waals surface area (Å²) in [5, 5.41) is 6.75. The zero-order chi connectivity index (χ0) is 20.2. The highest BCUT2D eigenvalue weighted by Gasteiger charge is 2.29. The van der Waals surface area contributed by atoms with E-state index in [9.17, 15) is 9.18 Å². The predicted octanol–water partition coefficient (Wildman–Crippen LogP) is 4.45. The Morgan fingerprint density at radius 1 is 1.21 bits per heavy atom. The molecule has 7 heteroatoms. The van der Waals surface area contributed by atoms with Crippen LogP contribution in [0.4, 0.5) is 10.1 Å². The Morgan fingerprint density at radius 3 is 2.86 bits per heavy atom. The molecule has 1 unspecified atom stereocenters. The molecule has 0 saturated carbocycles. The largest absolute Gasteiger partial charge is 0.455 e. The molecule has 1 atom stereocenters. The first kappa shape index (κ1) is 18.6. The maximum Gasteiger partial charge on any atom is 0.268 e. The van der Waals surface area contributed by atoms with Gasteiger partial charge in [0.25, 0.3) is 5.91 Å². The molecular weight excluding hydrogens is 373 g/mol. The lowest BCUT2D eigenvalue weighted by Crippen LogP contribution is -2.28. The number of carbonyl (C=O) groups excluding carboxylic acids is 1. The first-order valence-electron chi connectivity index (χ1n) is 9.06. The summed E-state index contributed by atoms with van der Waals surface area (Å²) in [4.78, 5) is 21.8. The molecule has 29 heavy (non-hydrogen) atoms. The van der Waals surface area contributed by atoms with Crippen molar-refractivity contribution < 1.29 is 18.8 Å². The van der Waals surface area contributed by atoms with E-state index in [1.165, 1.54) is 12.1 Å². The average Bonchev–Trinajstić information content (AvgIpc) is 3.21. The second-order valence-electron chi connectivity index (χ2n) is 6.61. The Morgan fingerprint density at radius 2 is 2.10 bits per heavy atom. The number of pyridine rings is 1. The minimum Gasteiger partial charge on any atom is -0.455 e. The van der Waals surface area contributed by atoms with Gasteiger partial charge in [-0.05, 0) is 55.0 Å². The van der Waals surface area contributed by atoms with Crippen molar-refractivity contribution in [1.29, 1.82) is 0 Å². The number of nitrogens with one attached hydrogen (secondary N) is 1. The first-order chi connectivity index (χ1) is 14.1. The van der Waals surface area contributed by atoms with Gasteiger partial charge in [-0.1, -0.05) is 17.3 Å². The summed E-state index contributed by atoms with van der Waals surface area (Å²) in [6, 6.07) is 15.0. The summed E-state index contributed by atoms with van der Waals surface area (Å²) >= 11 is 0. The van der Waals surface area contributed by atoms with Gasteiger partial charge >= 0.3 is 0 Å². The van der Waals surface area contributed by atoms with Gasteiger partial charge in [0.2, 0.25) is 6.10 Å². The van der Waals surface area contributed by atoms with Gasteiger partial charge in [0.1, 0.15) is 17.3 Å². The Balaban J connectivity index is 1.38. The van der Waals surface area contributed by atoms with Crippen LogP contribution in [0.3, 0.4) is 0 Å². The summed E-state index contributed by atoms with van der Waals surface area (Å²) < 4.78 is 19.2. The van der Waals surface area contributed by atoms with Gasteiger partial charge in [-0.15, -0.1) is 0 Å². The number of carbonyl (C=O) groups is 1. The number of anilines is 1. The minimum absolute atomic E-state index is 0.274. The average molecular weight is 391 g/mol. The van der Waals surface area contributed by atoms with E-state index in [2.05, 4.69) is 15.5 Å². The van der Waals surface area contributed by atoms with Crippen molar-refractivity contribution in [2.24, 2.45) is 5.16 Å². The Bertz CT molecular complexity index is 1070. The normalized spacial score (nSPS) is 15.4. The lowest BCUT2D eigenvalue weighted by Gasteiger charge is -2.12. The molecule has 0 spiro atoms. The van der Waals surface area contributed by atoms with Crippen molar-refractivity contribution in [3.8, 4) is 11.5 Å². The Kier molecular flexibility index (Phi) is 5.20. The summed E-state index contributed by atoms with van der Waals surface area (Å²) in [5.41, 5.74) is 2.62. The molecule has 0 bridgehead atoms. The van der Waals surface area contributed by atoms with E-state index in [0.29, 0.717) is 28.5 Å². The van der Waals surface area contributed by atoms with E-state index in [1.54, 1.807) is 42.7 Å². The van der Waals surface area contributed by atoms with Crippen LogP contribution in [0.25, 0.3) is 0 Å². The maximum atomic E-state index is 13.4. The zero-order valence-corrected chi connectivity index (χ0v) is 15.6. The number of amides is 1. The van der Waals surface area contributed by atoms with Crippen molar-refractivity contribution in [2.75, 3.05) is 5.32 Å². The maximum absolute atomic E-state index is 13.4. The zero-order valence-electron chi connectivity index (χ0n) is 15.6. The van der Waals surface area contributed by atoms with Crippen molar-refractivity contribution >= 4 is 17.3 Å². The topological polar surface area (TPSA) is 72.8 Å². The summed E-state index contributed by atoms with van der Waals surface area (Å²) in [6.07, 6.45) is 2.81. The molecule has 146 valence electrons. The lowest BCUT2D eigenvalue weighted by molar-refractivity contribution is -0.125. The van der Waals surface area contributed by atoms with E-state index in [1.807, 2.05) is 19.1 Å². The van der Waals surface area contributed by atoms with Crippen molar-refractivity contribution in [3.05, 3.63) is 83.9 Å². The van der Waals surface area contributed by atoms with Crippen LogP contribution in [-0.2, 0) is 9.63 Å². The molecule has 0 radical (unpaired) electrons. The van der Waals surface area contributed by atoms with E-state index in [-0.39, 0.29) is 18.1 Å². The molecule has 1 amide bonds. The van der Waals surface area contributed by atoms with Crippen LogP contribution in [0.15, 0.2) is 72.1 Å². The number of benzene rings is 2. The number of hydrogen-bond acceptors (Lipinski definition) is 5. The number of halogens is 1. The van der Waals surface area contributed by atoms with Crippen LogP contribution in [0.1, 0.15) is 17.5 Å². The molecule has 2 aromatic carbocycles. The third kappa shape index (κ3) is 4.40. The number of aromatic nitrogens is 1. The number of nitrogens with zero attached hydrogens (tertiary/aromatic N) is 2. The molecule has 0 fully saturated rings. The van der Waals surface area contributed by atoms with Gasteiger partial charge in [-0.3, -0.25) is 9.78 Å². The van der Waals surface area contributed by atoms with Gasteiger partial charge in [0.05, 0.1) is 11.9 Å². The van der Waals surface area contributed by atoms with Crippen molar-refractivity contribution in [2.45, 2.75) is 19.4 Å². The fourth-order valence-corrected chi connectivity index (χ4v) is 2.96. The number of aryl methyl sites for hydroxylation is 1. The number of hydrogen-bond donors (Lipinski definition) is 1. The van der Waals surface area contributed by atoms with Gasteiger partial charge in [0.15, 0.2) is 0 Å². The van der Waals surface area contributed by atoms with Crippen LogP contribution in [0, 0.1) is 12.7 Å². The second kappa shape index (κ2) is 8.10.